The Labute approximate surface area is 185 Å². The molecule has 0 bridgehead atoms. The lowest BCUT2D eigenvalue weighted by atomic mass is 10.0. The zero-order chi connectivity index (χ0) is 25.2. The van der Waals surface area contributed by atoms with Crippen LogP contribution in [0.5, 0.6) is 0 Å². The molecular weight excluding hydrogens is 426 g/mol. The molecule has 0 aliphatic heterocycles. The number of amides is 4. The fourth-order valence-corrected chi connectivity index (χ4v) is 2.55. The Bertz CT molecular complexity index is 725. The number of carboxylic acids is 2. The molecule has 9 N–H and O–H groups in total. The van der Waals surface area contributed by atoms with Crippen molar-refractivity contribution in [3.8, 4) is 0 Å². The highest BCUT2D eigenvalue weighted by atomic mass is 16.4. The molecule has 13 nitrogen and oxygen atoms in total. The van der Waals surface area contributed by atoms with E-state index in [-0.39, 0.29) is 18.8 Å². The van der Waals surface area contributed by atoms with Crippen LogP contribution in [-0.2, 0) is 28.8 Å². The van der Waals surface area contributed by atoms with Crippen LogP contribution in [0.25, 0.3) is 0 Å². The summed E-state index contributed by atoms with van der Waals surface area (Å²) in [6.45, 7) is 6.45. The molecule has 182 valence electrons. The molecule has 4 amide bonds. The zero-order valence-corrected chi connectivity index (χ0v) is 18.6. The summed E-state index contributed by atoms with van der Waals surface area (Å²) in [5.74, 6) is -6.92. The molecular formula is C19H33N5O8. The number of aliphatic carboxylic acids is 2. The summed E-state index contributed by atoms with van der Waals surface area (Å²) in [7, 11) is 0. The third kappa shape index (κ3) is 10.2. The number of rotatable bonds is 14. The third-order valence-corrected chi connectivity index (χ3v) is 4.58. The van der Waals surface area contributed by atoms with Gasteiger partial charge in [0.2, 0.25) is 23.6 Å². The number of hydrogen-bond donors (Lipinski definition) is 7. The summed E-state index contributed by atoms with van der Waals surface area (Å²) in [5, 5.41) is 25.1. The highest BCUT2D eigenvalue weighted by molar-refractivity contribution is 5.95. The predicted octanol–water partition coefficient (Wildman–Crippen LogP) is -2.10. The van der Waals surface area contributed by atoms with Crippen LogP contribution < -0.4 is 27.4 Å². The van der Waals surface area contributed by atoms with E-state index in [4.69, 9.17) is 16.6 Å². The lowest BCUT2D eigenvalue weighted by Crippen LogP contribution is -2.58. The molecule has 0 spiro atoms. The van der Waals surface area contributed by atoms with Crippen molar-refractivity contribution in [2.75, 3.05) is 0 Å². The van der Waals surface area contributed by atoms with E-state index in [2.05, 4.69) is 16.0 Å². The number of nitrogens with two attached hydrogens (primary N) is 2. The monoisotopic (exact) mass is 459 g/mol. The minimum absolute atomic E-state index is 0.267. The molecule has 0 saturated heterocycles. The molecule has 4 atom stereocenters. The van der Waals surface area contributed by atoms with Crippen LogP contribution in [0.15, 0.2) is 0 Å². The Morgan fingerprint density at radius 2 is 1.28 bits per heavy atom. The van der Waals surface area contributed by atoms with Crippen molar-refractivity contribution in [1.29, 1.82) is 0 Å². The van der Waals surface area contributed by atoms with Crippen molar-refractivity contribution < 1.29 is 39.0 Å². The fourth-order valence-electron chi connectivity index (χ4n) is 2.55. The molecule has 0 saturated carbocycles. The molecule has 0 aromatic rings. The van der Waals surface area contributed by atoms with Crippen molar-refractivity contribution in [2.24, 2.45) is 23.3 Å². The maximum absolute atomic E-state index is 12.7. The van der Waals surface area contributed by atoms with Gasteiger partial charge in [-0.05, 0) is 18.3 Å². The summed E-state index contributed by atoms with van der Waals surface area (Å²) in [4.78, 5) is 71.2. The average molecular weight is 460 g/mol. The first kappa shape index (κ1) is 28.8. The molecule has 32 heavy (non-hydrogen) atoms. The number of primary amides is 1. The minimum Gasteiger partial charge on any atom is -0.481 e. The smallest absolute Gasteiger partial charge is 0.326 e. The molecule has 0 rings (SSSR count). The Morgan fingerprint density at radius 3 is 1.69 bits per heavy atom. The summed E-state index contributed by atoms with van der Waals surface area (Å²) < 4.78 is 0. The van der Waals surface area contributed by atoms with Gasteiger partial charge in [-0.15, -0.1) is 0 Å². The lowest BCUT2D eigenvalue weighted by molar-refractivity contribution is -0.144. The highest BCUT2D eigenvalue weighted by Gasteiger charge is 2.32. The number of carboxylic acid groups (broad SMARTS) is 2. The van der Waals surface area contributed by atoms with Crippen molar-refractivity contribution in [3.63, 3.8) is 0 Å². The minimum atomic E-state index is -1.56. The number of carbonyl (C=O) groups is 6. The Morgan fingerprint density at radius 1 is 0.781 bits per heavy atom. The van der Waals surface area contributed by atoms with E-state index in [9.17, 15) is 33.9 Å². The molecule has 0 radical (unpaired) electrons. The summed E-state index contributed by atoms with van der Waals surface area (Å²) >= 11 is 0. The maximum atomic E-state index is 12.7. The van der Waals surface area contributed by atoms with E-state index in [0.717, 1.165) is 0 Å². The van der Waals surface area contributed by atoms with Crippen LogP contribution in [0.1, 0.15) is 47.0 Å². The second kappa shape index (κ2) is 13.2. The molecule has 13 heteroatoms. The average Bonchev–Trinajstić information content (AvgIpc) is 2.66. The first-order valence-corrected chi connectivity index (χ1v) is 10.1. The maximum Gasteiger partial charge on any atom is 0.326 e. The largest absolute Gasteiger partial charge is 0.481 e. The second-order valence-electron chi connectivity index (χ2n) is 8.06. The molecule has 0 heterocycles. The summed E-state index contributed by atoms with van der Waals surface area (Å²) in [5.41, 5.74) is 10.8. The number of hydrogen-bond acceptors (Lipinski definition) is 7. The second-order valence-corrected chi connectivity index (χ2v) is 8.06. The van der Waals surface area contributed by atoms with Gasteiger partial charge in [-0.2, -0.15) is 0 Å². The van der Waals surface area contributed by atoms with Crippen molar-refractivity contribution in [3.05, 3.63) is 0 Å². The Kier molecular flexibility index (Phi) is 11.9. The van der Waals surface area contributed by atoms with Gasteiger partial charge >= 0.3 is 11.9 Å². The Balaban J connectivity index is 5.60. The number of carbonyl (C=O) groups excluding carboxylic acids is 4. The molecule has 0 aromatic carbocycles. The van der Waals surface area contributed by atoms with Crippen molar-refractivity contribution >= 4 is 35.6 Å². The highest BCUT2D eigenvalue weighted by Crippen LogP contribution is 2.06. The van der Waals surface area contributed by atoms with Gasteiger partial charge in [0.25, 0.3) is 0 Å². The van der Waals surface area contributed by atoms with Crippen molar-refractivity contribution in [2.45, 2.75) is 71.1 Å². The molecule has 0 unspecified atom stereocenters. The van der Waals surface area contributed by atoms with Gasteiger partial charge in [-0.1, -0.05) is 27.7 Å². The SMILES string of the molecule is CC(C)[C@H](N)C(=O)N[C@@H](CC(=O)O)C(=O)N[C@@H](CCC(N)=O)C(=O)N[C@H](C(=O)O)C(C)C. The van der Waals surface area contributed by atoms with Gasteiger partial charge in [0, 0.05) is 6.42 Å². The fraction of sp³-hybridized carbons (Fsp3) is 0.684. The standard InChI is InChI=1S/C19H33N5O8/c1-8(2)14(21)18(30)23-11(7-13(26)27)17(29)22-10(5-6-12(20)25)16(28)24-15(9(3)4)19(31)32/h8-11,14-15H,5-7,21H2,1-4H3,(H2,20,25)(H,22,29)(H,23,30)(H,24,28)(H,26,27)(H,31,32)/t10-,11-,14-,15-/m0/s1. The van der Waals surface area contributed by atoms with Crippen LogP contribution in [-0.4, -0.2) is 69.9 Å². The van der Waals surface area contributed by atoms with Gasteiger partial charge < -0.3 is 37.6 Å². The first-order chi connectivity index (χ1) is 14.7. The van der Waals surface area contributed by atoms with Crippen LogP contribution in [0.2, 0.25) is 0 Å². The van der Waals surface area contributed by atoms with E-state index in [1.165, 1.54) is 0 Å². The Hall–Kier alpha value is -3.22. The van der Waals surface area contributed by atoms with Gasteiger partial charge in [-0.25, -0.2) is 4.79 Å². The molecule has 0 fully saturated rings. The first-order valence-electron chi connectivity index (χ1n) is 10.1. The van der Waals surface area contributed by atoms with Crippen LogP contribution in [0.4, 0.5) is 0 Å². The van der Waals surface area contributed by atoms with Crippen LogP contribution >= 0.6 is 0 Å². The van der Waals surface area contributed by atoms with Gasteiger partial charge in [0.1, 0.15) is 18.1 Å². The van der Waals surface area contributed by atoms with Crippen LogP contribution in [0.3, 0.4) is 0 Å². The van der Waals surface area contributed by atoms with E-state index in [1.54, 1.807) is 27.7 Å². The topological polar surface area (TPSA) is 231 Å². The van der Waals surface area contributed by atoms with E-state index in [0.29, 0.717) is 0 Å². The predicted molar refractivity (Wildman–Crippen MR) is 112 cm³/mol. The third-order valence-electron chi connectivity index (χ3n) is 4.58. The molecule has 0 aromatic heterocycles. The van der Waals surface area contributed by atoms with E-state index in [1.807, 2.05) is 0 Å². The zero-order valence-electron chi connectivity index (χ0n) is 18.6. The molecule has 0 aliphatic rings. The quantitative estimate of drug-likeness (QED) is 0.151. The summed E-state index contributed by atoms with van der Waals surface area (Å²) in [6, 6.07) is -5.24. The van der Waals surface area contributed by atoms with Crippen LogP contribution in [0, 0.1) is 11.8 Å². The van der Waals surface area contributed by atoms with Gasteiger partial charge in [0.05, 0.1) is 12.5 Å². The van der Waals surface area contributed by atoms with E-state index >= 15 is 0 Å². The number of nitrogens with one attached hydrogen (secondary N) is 3. The normalized spacial score (nSPS) is 14.7. The lowest BCUT2D eigenvalue weighted by Gasteiger charge is -2.25. The molecule has 0 aliphatic carbocycles. The van der Waals surface area contributed by atoms with E-state index < -0.39 is 72.1 Å². The van der Waals surface area contributed by atoms with Gasteiger partial charge in [0.15, 0.2) is 0 Å². The van der Waals surface area contributed by atoms with Crippen molar-refractivity contribution in [1.82, 2.24) is 16.0 Å². The van der Waals surface area contributed by atoms with Gasteiger partial charge in [-0.3, -0.25) is 24.0 Å². The summed E-state index contributed by atoms with van der Waals surface area (Å²) in [6.07, 6.45) is -1.38.